The molecule has 4 nitrogen and oxygen atoms in total. The van der Waals surface area contributed by atoms with E-state index in [0.29, 0.717) is 23.6 Å². The molecule has 2 fully saturated rings. The third kappa shape index (κ3) is 2.88. The van der Waals surface area contributed by atoms with Crippen LogP contribution in [0.3, 0.4) is 0 Å². The van der Waals surface area contributed by atoms with Crippen LogP contribution in [0, 0.1) is 5.41 Å². The largest absolute Gasteiger partial charge is 0.378 e. The van der Waals surface area contributed by atoms with Crippen LogP contribution in [0.5, 0.6) is 0 Å². The summed E-state index contributed by atoms with van der Waals surface area (Å²) in [5.41, 5.74) is 0.392. The fraction of sp³-hybridized carbons (Fsp3) is 0.933. The quantitative estimate of drug-likeness (QED) is 0.593. The minimum Gasteiger partial charge on any atom is -0.378 e. The monoisotopic (exact) mass is 267 g/mol. The maximum atomic E-state index is 5.89. The summed E-state index contributed by atoms with van der Waals surface area (Å²) in [6, 6.07) is 0.951. The van der Waals surface area contributed by atoms with Crippen molar-refractivity contribution in [2.75, 3.05) is 13.2 Å². The van der Waals surface area contributed by atoms with Crippen LogP contribution in [-0.4, -0.2) is 37.3 Å². The normalized spacial score (nSPS) is 29.0. The Balaban J connectivity index is 1.93. The lowest BCUT2D eigenvalue weighted by Gasteiger charge is -2.61. The fourth-order valence-corrected chi connectivity index (χ4v) is 3.37. The molecule has 0 heterocycles. The summed E-state index contributed by atoms with van der Waals surface area (Å²) in [5, 5.41) is 7.04. The third-order valence-electron chi connectivity index (χ3n) is 4.49. The second kappa shape index (κ2) is 6.12. The average molecular weight is 267 g/mol. The van der Waals surface area contributed by atoms with E-state index < -0.39 is 0 Å². The Labute approximate surface area is 117 Å². The molecule has 0 amide bonds. The van der Waals surface area contributed by atoms with Gasteiger partial charge in [0.25, 0.3) is 0 Å². The molecule has 2 aliphatic rings. The zero-order valence-corrected chi connectivity index (χ0v) is 12.8. The number of hydrogen-bond acceptors (Lipinski definition) is 2. The van der Waals surface area contributed by atoms with Crippen molar-refractivity contribution in [3.8, 4) is 0 Å². The van der Waals surface area contributed by atoms with Gasteiger partial charge in [0, 0.05) is 30.7 Å². The van der Waals surface area contributed by atoms with Gasteiger partial charge in [-0.25, -0.2) is 0 Å². The van der Waals surface area contributed by atoms with E-state index in [9.17, 15) is 0 Å². The van der Waals surface area contributed by atoms with Gasteiger partial charge in [0.05, 0.1) is 6.10 Å². The van der Waals surface area contributed by atoms with E-state index >= 15 is 0 Å². The van der Waals surface area contributed by atoms with Gasteiger partial charge >= 0.3 is 0 Å². The molecule has 4 heteroatoms. The topological polar surface area (TPSA) is 45.7 Å². The number of nitrogens with one attached hydrogen (secondary N) is 2. The molecule has 0 aromatic carbocycles. The lowest BCUT2D eigenvalue weighted by molar-refractivity contribution is -0.168. The average Bonchev–Trinajstić information content (AvgIpc) is 2.24. The second-order valence-electron chi connectivity index (χ2n) is 6.09. The first kappa shape index (κ1) is 14.6. The molecule has 2 N–H and O–H groups in total. The molecule has 110 valence electrons. The number of guanidine groups is 1. The van der Waals surface area contributed by atoms with Crippen molar-refractivity contribution in [3.05, 3.63) is 0 Å². The van der Waals surface area contributed by atoms with Crippen LogP contribution in [0.2, 0.25) is 0 Å². The van der Waals surface area contributed by atoms with Crippen molar-refractivity contribution in [1.82, 2.24) is 10.6 Å². The van der Waals surface area contributed by atoms with Crippen LogP contribution in [0.1, 0.15) is 53.4 Å². The van der Waals surface area contributed by atoms with Gasteiger partial charge in [-0.15, -0.1) is 0 Å². The van der Waals surface area contributed by atoms with Gasteiger partial charge in [0.1, 0.15) is 0 Å². The molecule has 2 aliphatic carbocycles. The minimum atomic E-state index is 0.392. The summed E-state index contributed by atoms with van der Waals surface area (Å²) >= 11 is 0. The number of nitrogens with zero attached hydrogens (tertiary/aromatic N) is 1. The molecular formula is C15H29N3O. The second-order valence-corrected chi connectivity index (χ2v) is 6.09. The molecule has 2 saturated carbocycles. The van der Waals surface area contributed by atoms with E-state index in [1.165, 1.54) is 19.3 Å². The van der Waals surface area contributed by atoms with Crippen molar-refractivity contribution in [2.24, 2.45) is 10.4 Å². The van der Waals surface area contributed by atoms with Crippen LogP contribution in [-0.2, 0) is 4.74 Å². The van der Waals surface area contributed by atoms with Gasteiger partial charge in [0.15, 0.2) is 5.96 Å². The molecule has 0 radical (unpaired) electrons. The molecule has 2 unspecified atom stereocenters. The Morgan fingerprint density at radius 2 is 2.11 bits per heavy atom. The minimum absolute atomic E-state index is 0.392. The molecule has 1 spiro atoms. The van der Waals surface area contributed by atoms with Gasteiger partial charge in [-0.1, -0.05) is 6.42 Å². The van der Waals surface area contributed by atoms with Crippen molar-refractivity contribution in [2.45, 2.75) is 71.6 Å². The Bertz CT molecular complexity index is 323. The van der Waals surface area contributed by atoms with Gasteiger partial charge in [-0.05, 0) is 47.0 Å². The van der Waals surface area contributed by atoms with Crippen LogP contribution in [0.15, 0.2) is 4.99 Å². The molecule has 0 aromatic rings. The maximum absolute atomic E-state index is 5.89. The predicted octanol–water partition coefficient (Wildman–Crippen LogP) is 2.30. The Morgan fingerprint density at radius 3 is 2.58 bits per heavy atom. The lowest BCUT2D eigenvalue weighted by atomic mass is 9.51. The summed E-state index contributed by atoms with van der Waals surface area (Å²) in [7, 11) is 0. The standard InChI is InChI=1S/C15H29N3O/c1-5-16-14(17-11(3)4)18-12-10-13(19-6-2)15(12)8-7-9-15/h11-13H,5-10H2,1-4H3,(H2,16,17,18). The van der Waals surface area contributed by atoms with Crippen LogP contribution >= 0.6 is 0 Å². The molecule has 0 bridgehead atoms. The first-order chi connectivity index (χ1) is 9.12. The summed E-state index contributed by atoms with van der Waals surface area (Å²) in [4.78, 5) is 4.53. The summed E-state index contributed by atoms with van der Waals surface area (Å²) < 4.78 is 5.89. The first-order valence-corrected chi connectivity index (χ1v) is 7.81. The third-order valence-corrected chi connectivity index (χ3v) is 4.49. The van der Waals surface area contributed by atoms with Crippen LogP contribution in [0.25, 0.3) is 0 Å². The van der Waals surface area contributed by atoms with Gasteiger partial charge in [0.2, 0.25) is 0 Å². The maximum Gasteiger partial charge on any atom is 0.191 e. The zero-order chi connectivity index (χ0) is 13.9. The van der Waals surface area contributed by atoms with Gasteiger partial charge in [-0.3, -0.25) is 4.99 Å². The molecule has 2 rings (SSSR count). The van der Waals surface area contributed by atoms with Crippen LogP contribution in [0.4, 0.5) is 0 Å². The molecule has 0 saturated heterocycles. The fourth-order valence-electron chi connectivity index (χ4n) is 3.37. The van der Waals surface area contributed by atoms with E-state index in [2.05, 4.69) is 43.3 Å². The van der Waals surface area contributed by atoms with Crippen molar-refractivity contribution >= 4 is 5.96 Å². The van der Waals surface area contributed by atoms with Crippen molar-refractivity contribution in [3.63, 3.8) is 0 Å². The molecule has 0 aromatic heterocycles. The number of ether oxygens (including phenoxy) is 1. The number of aliphatic imine (C=N–C) groups is 1. The summed E-state index contributed by atoms with van der Waals surface area (Å²) in [5.74, 6) is 0.962. The smallest absolute Gasteiger partial charge is 0.191 e. The highest BCUT2D eigenvalue weighted by Crippen LogP contribution is 2.57. The van der Waals surface area contributed by atoms with E-state index in [-0.39, 0.29) is 0 Å². The van der Waals surface area contributed by atoms with E-state index in [4.69, 9.17) is 4.74 Å². The van der Waals surface area contributed by atoms with Crippen molar-refractivity contribution in [1.29, 1.82) is 0 Å². The Hall–Kier alpha value is -0.770. The highest BCUT2D eigenvalue weighted by Gasteiger charge is 2.59. The first-order valence-electron chi connectivity index (χ1n) is 7.81. The van der Waals surface area contributed by atoms with Gasteiger partial charge in [-0.2, -0.15) is 0 Å². The highest BCUT2D eigenvalue weighted by atomic mass is 16.5. The highest BCUT2D eigenvalue weighted by molar-refractivity contribution is 5.80. The molecular weight excluding hydrogens is 238 g/mol. The lowest BCUT2D eigenvalue weighted by Crippen LogP contribution is -2.68. The van der Waals surface area contributed by atoms with E-state index in [1.807, 2.05) is 0 Å². The molecule has 19 heavy (non-hydrogen) atoms. The SMILES string of the molecule is CCN=C(NC(C)C)NC1CC(OCC)C12CCC2. The predicted molar refractivity (Wildman–Crippen MR) is 79.5 cm³/mol. The van der Waals surface area contributed by atoms with E-state index in [1.54, 1.807) is 0 Å². The zero-order valence-electron chi connectivity index (χ0n) is 12.8. The summed E-state index contributed by atoms with van der Waals surface area (Å²) in [6.45, 7) is 10.1. The molecule has 2 atom stereocenters. The Kier molecular flexibility index (Phi) is 4.71. The Morgan fingerprint density at radius 1 is 1.37 bits per heavy atom. The van der Waals surface area contributed by atoms with Crippen LogP contribution < -0.4 is 10.6 Å². The number of hydrogen-bond donors (Lipinski definition) is 2. The van der Waals surface area contributed by atoms with Crippen molar-refractivity contribution < 1.29 is 4.74 Å². The van der Waals surface area contributed by atoms with Gasteiger partial charge < -0.3 is 15.4 Å². The molecule has 0 aliphatic heterocycles. The summed E-state index contributed by atoms with van der Waals surface area (Å²) in [6.07, 6.45) is 5.54. The number of rotatable bonds is 5. The van der Waals surface area contributed by atoms with E-state index in [0.717, 1.165) is 25.5 Å².